The third-order valence-electron chi connectivity index (χ3n) is 5.11. The Morgan fingerprint density at radius 3 is 2.89 bits per heavy atom. The number of piperidine rings is 1. The lowest BCUT2D eigenvalue weighted by molar-refractivity contribution is -0.129. The molecule has 4 unspecified atom stereocenters. The van der Waals surface area contributed by atoms with Crippen LogP contribution < -0.4 is 5.32 Å². The van der Waals surface area contributed by atoms with Crippen molar-refractivity contribution in [2.24, 2.45) is 5.92 Å². The molecule has 4 atom stereocenters. The molecule has 3 heteroatoms. The minimum atomic E-state index is 0.390. The second-order valence-electron chi connectivity index (χ2n) is 6.60. The normalized spacial score (nSPS) is 40.9. The molecule has 3 nitrogen and oxygen atoms in total. The number of amides is 1. The molecular formula is C15H26N2O. The molecule has 0 spiro atoms. The van der Waals surface area contributed by atoms with Crippen molar-refractivity contribution in [3.63, 3.8) is 0 Å². The molecule has 3 rings (SSSR count). The van der Waals surface area contributed by atoms with E-state index in [1.54, 1.807) is 0 Å². The fourth-order valence-corrected chi connectivity index (χ4v) is 4.18. The minimum absolute atomic E-state index is 0.390. The van der Waals surface area contributed by atoms with Crippen molar-refractivity contribution >= 4 is 5.91 Å². The molecule has 1 N–H and O–H groups in total. The second-order valence-corrected chi connectivity index (χ2v) is 6.60. The predicted molar refractivity (Wildman–Crippen MR) is 72.3 cm³/mol. The van der Waals surface area contributed by atoms with Gasteiger partial charge in [0.1, 0.15) is 0 Å². The van der Waals surface area contributed by atoms with Gasteiger partial charge in [-0.2, -0.15) is 0 Å². The monoisotopic (exact) mass is 250 g/mol. The van der Waals surface area contributed by atoms with E-state index < -0.39 is 0 Å². The maximum absolute atomic E-state index is 12.0. The van der Waals surface area contributed by atoms with Crippen molar-refractivity contribution in [3.05, 3.63) is 0 Å². The lowest BCUT2D eigenvalue weighted by atomic mass is 9.86. The number of carbonyl (C=O) groups is 1. The highest BCUT2D eigenvalue weighted by Crippen LogP contribution is 2.30. The molecule has 2 saturated heterocycles. The Bertz CT molecular complexity index is 318. The van der Waals surface area contributed by atoms with Crippen LogP contribution in [0.2, 0.25) is 0 Å². The maximum Gasteiger partial charge on any atom is 0.224 e. The number of rotatable bonds is 2. The molecule has 1 amide bonds. The zero-order chi connectivity index (χ0) is 12.5. The van der Waals surface area contributed by atoms with Gasteiger partial charge in [0.05, 0.1) is 0 Å². The highest BCUT2D eigenvalue weighted by molar-refractivity contribution is 5.80. The molecule has 0 aromatic rings. The van der Waals surface area contributed by atoms with E-state index in [4.69, 9.17) is 0 Å². The van der Waals surface area contributed by atoms with E-state index in [2.05, 4.69) is 17.1 Å². The second kappa shape index (κ2) is 5.20. The zero-order valence-electron chi connectivity index (χ0n) is 11.5. The quantitative estimate of drug-likeness (QED) is 0.815. The van der Waals surface area contributed by atoms with E-state index in [0.29, 0.717) is 24.0 Å². The van der Waals surface area contributed by atoms with Gasteiger partial charge in [-0.15, -0.1) is 0 Å². The van der Waals surface area contributed by atoms with Crippen LogP contribution in [0.25, 0.3) is 0 Å². The Morgan fingerprint density at radius 1 is 1.17 bits per heavy atom. The molecular weight excluding hydrogens is 224 g/mol. The van der Waals surface area contributed by atoms with Crippen LogP contribution in [-0.4, -0.2) is 35.5 Å². The molecule has 3 aliphatic rings. The van der Waals surface area contributed by atoms with Gasteiger partial charge in [-0.25, -0.2) is 0 Å². The number of nitrogens with zero attached hydrogens (tertiary/aromatic N) is 1. The van der Waals surface area contributed by atoms with Crippen LogP contribution >= 0.6 is 0 Å². The fraction of sp³-hybridized carbons (Fsp3) is 0.933. The Kier molecular flexibility index (Phi) is 3.60. The molecule has 2 heterocycles. The van der Waals surface area contributed by atoms with Crippen LogP contribution in [0, 0.1) is 5.92 Å². The molecule has 0 aromatic carbocycles. The number of hydrogen-bond acceptors (Lipinski definition) is 2. The lowest BCUT2D eigenvalue weighted by Gasteiger charge is -2.36. The number of fused-ring (bicyclic) bond motifs is 1. The highest BCUT2D eigenvalue weighted by Gasteiger charge is 2.41. The predicted octanol–water partition coefficient (Wildman–Crippen LogP) is 2.31. The van der Waals surface area contributed by atoms with Crippen molar-refractivity contribution in [1.82, 2.24) is 10.2 Å². The van der Waals surface area contributed by atoms with E-state index in [-0.39, 0.29) is 0 Å². The first-order valence-electron chi connectivity index (χ1n) is 7.79. The Balaban J connectivity index is 1.60. The van der Waals surface area contributed by atoms with Gasteiger partial charge >= 0.3 is 0 Å². The average Bonchev–Trinajstić information content (AvgIpc) is 2.67. The van der Waals surface area contributed by atoms with Gasteiger partial charge in [0, 0.05) is 31.1 Å². The molecule has 3 fully saturated rings. The molecule has 0 aromatic heterocycles. The van der Waals surface area contributed by atoms with E-state index in [0.717, 1.165) is 18.9 Å². The molecule has 1 saturated carbocycles. The summed E-state index contributed by atoms with van der Waals surface area (Å²) < 4.78 is 0. The Hall–Kier alpha value is -0.570. The summed E-state index contributed by atoms with van der Waals surface area (Å²) in [6.45, 7) is 3.36. The third-order valence-corrected chi connectivity index (χ3v) is 5.11. The Labute approximate surface area is 110 Å². The summed E-state index contributed by atoms with van der Waals surface area (Å²) in [5.74, 6) is 1.25. The topological polar surface area (TPSA) is 32.3 Å². The van der Waals surface area contributed by atoms with Gasteiger partial charge in [0.25, 0.3) is 0 Å². The SMILES string of the molecule is CC1CCCC(NC2CC(=O)N3CCCCC23)C1. The highest BCUT2D eigenvalue weighted by atomic mass is 16.2. The maximum atomic E-state index is 12.0. The summed E-state index contributed by atoms with van der Waals surface area (Å²) in [4.78, 5) is 14.2. The van der Waals surface area contributed by atoms with Gasteiger partial charge in [-0.3, -0.25) is 4.79 Å². The van der Waals surface area contributed by atoms with Gasteiger partial charge in [0.15, 0.2) is 0 Å². The fourth-order valence-electron chi connectivity index (χ4n) is 4.18. The molecule has 18 heavy (non-hydrogen) atoms. The average molecular weight is 250 g/mol. The van der Waals surface area contributed by atoms with Crippen LogP contribution in [0.5, 0.6) is 0 Å². The summed E-state index contributed by atoms with van der Waals surface area (Å²) in [7, 11) is 0. The Morgan fingerprint density at radius 2 is 2.06 bits per heavy atom. The molecule has 2 aliphatic heterocycles. The summed E-state index contributed by atoms with van der Waals surface area (Å²) in [6.07, 6.45) is 9.81. The zero-order valence-corrected chi connectivity index (χ0v) is 11.5. The summed E-state index contributed by atoms with van der Waals surface area (Å²) in [6, 6.07) is 1.60. The number of nitrogens with one attached hydrogen (secondary N) is 1. The van der Waals surface area contributed by atoms with Crippen LogP contribution in [0.3, 0.4) is 0 Å². The third kappa shape index (κ3) is 2.42. The molecule has 0 bridgehead atoms. The van der Waals surface area contributed by atoms with Gasteiger partial charge in [0.2, 0.25) is 5.91 Å². The first-order chi connectivity index (χ1) is 8.74. The molecule has 1 aliphatic carbocycles. The smallest absolute Gasteiger partial charge is 0.224 e. The number of hydrogen-bond donors (Lipinski definition) is 1. The van der Waals surface area contributed by atoms with Crippen molar-refractivity contribution in [2.75, 3.05) is 6.54 Å². The first-order valence-corrected chi connectivity index (χ1v) is 7.79. The van der Waals surface area contributed by atoms with E-state index >= 15 is 0 Å². The minimum Gasteiger partial charge on any atom is -0.338 e. The van der Waals surface area contributed by atoms with Crippen molar-refractivity contribution in [1.29, 1.82) is 0 Å². The van der Waals surface area contributed by atoms with E-state index in [1.807, 2.05) is 0 Å². The van der Waals surface area contributed by atoms with Gasteiger partial charge in [-0.05, 0) is 38.0 Å². The van der Waals surface area contributed by atoms with Crippen LogP contribution in [0.4, 0.5) is 0 Å². The summed E-state index contributed by atoms with van der Waals surface area (Å²) in [5.41, 5.74) is 0. The lowest BCUT2D eigenvalue weighted by Crippen LogP contribution is -2.49. The summed E-state index contributed by atoms with van der Waals surface area (Å²) >= 11 is 0. The largest absolute Gasteiger partial charge is 0.338 e. The number of carbonyl (C=O) groups excluding carboxylic acids is 1. The van der Waals surface area contributed by atoms with Gasteiger partial charge < -0.3 is 10.2 Å². The summed E-state index contributed by atoms with van der Waals surface area (Å²) in [5, 5.41) is 3.82. The van der Waals surface area contributed by atoms with Crippen LogP contribution in [0.15, 0.2) is 0 Å². The molecule has 102 valence electrons. The molecule has 0 radical (unpaired) electrons. The first kappa shape index (κ1) is 12.5. The van der Waals surface area contributed by atoms with Crippen LogP contribution in [-0.2, 0) is 4.79 Å². The van der Waals surface area contributed by atoms with E-state index in [1.165, 1.54) is 44.9 Å². The van der Waals surface area contributed by atoms with Gasteiger partial charge in [-0.1, -0.05) is 19.8 Å². The van der Waals surface area contributed by atoms with Crippen LogP contribution in [0.1, 0.15) is 58.3 Å². The van der Waals surface area contributed by atoms with Crippen molar-refractivity contribution in [2.45, 2.75) is 76.4 Å². The van der Waals surface area contributed by atoms with Crippen molar-refractivity contribution in [3.8, 4) is 0 Å². The van der Waals surface area contributed by atoms with Crippen molar-refractivity contribution < 1.29 is 4.79 Å². The standard InChI is InChI=1S/C15H26N2O/c1-11-5-4-6-12(9-11)16-13-10-15(18)17-8-3-2-7-14(13)17/h11-14,16H,2-10H2,1H3. The van der Waals surface area contributed by atoms with E-state index in [9.17, 15) is 4.79 Å².